The Balaban J connectivity index is 2.49. The molecule has 1 fully saturated rings. The van der Waals surface area contributed by atoms with E-state index in [1.54, 1.807) is 4.90 Å². The van der Waals surface area contributed by atoms with E-state index < -0.39 is 0 Å². The average Bonchev–Trinajstić information content (AvgIpc) is 2.37. The van der Waals surface area contributed by atoms with Crippen LogP contribution < -0.4 is 11.5 Å². The molecular weight excluding hydrogens is 242 g/mol. The van der Waals surface area contributed by atoms with Crippen molar-refractivity contribution in [1.29, 1.82) is 0 Å². The van der Waals surface area contributed by atoms with Gasteiger partial charge < -0.3 is 16.4 Å². The van der Waals surface area contributed by atoms with E-state index in [0.29, 0.717) is 25.4 Å². The molecule has 1 aliphatic heterocycles. The molecule has 1 rings (SSSR count). The first-order chi connectivity index (χ1) is 8.93. The molecule has 0 radical (unpaired) electrons. The number of piperidine rings is 1. The third kappa shape index (κ3) is 5.19. The minimum Gasteiger partial charge on any atom is -0.369 e. The monoisotopic (exact) mass is 269 g/mol. The zero-order valence-corrected chi connectivity index (χ0v) is 12.1. The molecule has 0 aromatic rings. The summed E-state index contributed by atoms with van der Waals surface area (Å²) < 4.78 is 0. The topological polar surface area (TPSA) is 89.4 Å². The molecule has 0 aliphatic carbocycles. The number of carbonyl (C=O) groups is 2. The van der Waals surface area contributed by atoms with E-state index in [9.17, 15) is 9.59 Å². The van der Waals surface area contributed by atoms with Gasteiger partial charge in [0.15, 0.2) is 0 Å². The molecule has 2 amide bonds. The molecule has 0 spiro atoms. The van der Waals surface area contributed by atoms with E-state index in [1.807, 2.05) is 0 Å². The fourth-order valence-electron chi connectivity index (χ4n) is 2.74. The number of carbonyl (C=O) groups excluding carboxylic acids is 2. The third-order valence-electron chi connectivity index (χ3n) is 3.78. The van der Waals surface area contributed by atoms with Crippen LogP contribution in [0.2, 0.25) is 0 Å². The van der Waals surface area contributed by atoms with Gasteiger partial charge in [-0.2, -0.15) is 0 Å². The van der Waals surface area contributed by atoms with Gasteiger partial charge in [0.1, 0.15) is 0 Å². The summed E-state index contributed by atoms with van der Waals surface area (Å²) in [7, 11) is 0. The first-order valence-electron chi connectivity index (χ1n) is 7.21. The van der Waals surface area contributed by atoms with Gasteiger partial charge in [-0.05, 0) is 37.6 Å². The quantitative estimate of drug-likeness (QED) is 0.744. The van der Waals surface area contributed by atoms with Crippen LogP contribution in [0.25, 0.3) is 0 Å². The second-order valence-corrected chi connectivity index (χ2v) is 6.02. The Labute approximate surface area is 115 Å². The van der Waals surface area contributed by atoms with Crippen molar-refractivity contribution in [2.24, 2.45) is 29.2 Å². The van der Waals surface area contributed by atoms with E-state index in [0.717, 1.165) is 25.8 Å². The summed E-state index contributed by atoms with van der Waals surface area (Å²) in [5.74, 6) is 0.416. The number of likely N-dealkylation sites (tertiary alicyclic amines) is 1. The minimum absolute atomic E-state index is 0.113. The number of hydrogen-bond donors (Lipinski definition) is 2. The van der Waals surface area contributed by atoms with Crippen molar-refractivity contribution in [2.75, 3.05) is 19.6 Å². The molecule has 5 heteroatoms. The molecule has 0 aromatic carbocycles. The molecule has 0 bridgehead atoms. The minimum atomic E-state index is -0.296. The fourth-order valence-corrected chi connectivity index (χ4v) is 2.74. The van der Waals surface area contributed by atoms with Gasteiger partial charge in [-0.3, -0.25) is 9.59 Å². The van der Waals surface area contributed by atoms with E-state index in [1.165, 1.54) is 0 Å². The van der Waals surface area contributed by atoms with Gasteiger partial charge in [0.25, 0.3) is 0 Å². The molecule has 1 aliphatic rings. The van der Waals surface area contributed by atoms with Crippen LogP contribution in [0.4, 0.5) is 0 Å². The van der Waals surface area contributed by atoms with Crippen molar-refractivity contribution < 1.29 is 9.59 Å². The first kappa shape index (κ1) is 16.0. The predicted octanol–water partition coefficient (Wildman–Crippen LogP) is 0.721. The summed E-state index contributed by atoms with van der Waals surface area (Å²) in [4.78, 5) is 25.2. The van der Waals surface area contributed by atoms with E-state index in [4.69, 9.17) is 11.5 Å². The smallest absolute Gasteiger partial charge is 0.222 e. The van der Waals surface area contributed by atoms with Crippen LogP contribution in [0.5, 0.6) is 0 Å². The molecule has 2 atom stereocenters. The Kier molecular flexibility index (Phi) is 6.28. The third-order valence-corrected chi connectivity index (χ3v) is 3.78. The first-order valence-corrected chi connectivity index (χ1v) is 7.21. The van der Waals surface area contributed by atoms with Gasteiger partial charge in [-0.15, -0.1) is 0 Å². The SMILES string of the molecule is CC(C)CC(CN)CC(=O)N1CCCC(C(N)=O)C1. The van der Waals surface area contributed by atoms with Crippen LogP contribution in [0, 0.1) is 17.8 Å². The Morgan fingerprint density at radius 1 is 1.37 bits per heavy atom. The second kappa shape index (κ2) is 7.48. The maximum atomic E-state index is 12.2. The van der Waals surface area contributed by atoms with Crippen LogP contribution in [0.3, 0.4) is 0 Å². The highest BCUT2D eigenvalue weighted by Crippen LogP contribution is 2.20. The van der Waals surface area contributed by atoms with Gasteiger partial charge in [-0.25, -0.2) is 0 Å². The maximum absolute atomic E-state index is 12.2. The average molecular weight is 269 g/mol. The number of nitrogens with zero attached hydrogens (tertiary/aromatic N) is 1. The van der Waals surface area contributed by atoms with Crippen molar-refractivity contribution >= 4 is 11.8 Å². The maximum Gasteiger partial charge on any atom is 0.222 e. The second-order valence-electron chi connectivity index (χ2n) is 6.02. The van der Waals surface area contributed by atoms with Crippen LogP contribution >= 0.6 is 0 Å². The summed E-state index contributed by atoms with van der Waals surface area (Å²) >= 11 is 0. The van der Waals surface area contributed by atoms with Gasteiger partial charge in [-0.1, -0.05) is 13.8 Å². The van der Waals surface area contributed by atoms with Crippen LogP contribution in [0.15, 0.2) is 0 Å². The Hall–Kier alpha value is -1.10. The Morgan fingerprint density at radius 3 is 2.58 bits per heavy atom. The zero-order valence-electron chi connectivity index (χ0n) is 12.1. The molecule has 1 saturated heterocycles. The van der Waals surface area contributed by atoms with Crippen LogP contribution in [-0.2, 0) is 9.59 Å². The molecule has 5 nitrogen and oxygen atoms in total. The van der Waals surface area contributed by atoms with Crippen molar-refractivity contribution in [3.05, 3.63) is 0 Å². The van der Waals surface area contributed by atoms with Gasteiger partial charge in [0.05, 0.1) is 5.92 Å². The lowest BCUT2D eigenvalue weighted by molar-refractivity contribution is -0.135. The molecule has 2 unspecified atom stereocenters. The van der Waals surface area contributed by atoms with Crippen LogP contribution in [-0.4, -0.2) is 36.3 Å². The van der Waals surface area contributed by atoms with Crippen molar-refractivity contribution in [3.8, 4) is 0 Å². The predicted molar refractivity (Wildman–Crippen MR) is 75.1 cm³/mol. The number of rotatable bonds is 6. The van der Waals surface area contributed by atoms with Crippen molar-refractivity contribution in [2.45, 2.75) is 39.5 Å². The molecule has 4 N–H and O–H groups in total. The Bertz CT molecular complexity index is 318. The summed E-state index contributed by atoms with van der Waals surface area (Å²) in [6, 6.07) is 0. The Morgan fingerprint density at radius 2 is 2.05 bits per heavy atom. The molecule has 19 heavy (non-hydrogen) atoms. The molecule has 1 heterocycles. The van der Waals surface area contributed by atoms with Crippen molar-refractivity contribution in [1.82, 2.24) is 4.90 Å². The van der Waals surface area contributed by atoms with Gasteiger partial charge in [0.2, 0.25) is 11.8 Å². The highest BCUT2D eigenvalue weighted by Gasteiger charge is 2.27. The number of amides is 2. The number of nitrogens with two attached hydrogens (primary N) is 2. The largest absolute Gasteiger partial charge is 0.369 e. The number of hydrogen-bond acceptors (Lipinski definition) is 3. The van der Waals surface area contributed by atoms with E-state index in [2.05, 4.69) is 13.8 Å². The van der Waals surface area contributed by atoms with Gasteiger partial charge in [0, 0.05) is 19.5 Å². The standard InChI is InChI=1S/C14H27N3O2/c1-10(2)6-11(8-15)7-13(18)17-5-3-4-12(9-17)14(16)19/h10-12H,3-9,15H2,1-2H3,(H2,16,19). The lowest BCUT2D eigenvalue weighted by Gasteiger charge is -2.32. The fraction of sp³-hybridized carbons (Fsp3) is 0.857. The van der Waals surface area contributed by atoms with E-state index >= 15 is 0 Å². The van der Waals surface area contributed by atoms with Gasteiger partial charge >= 0.3 is 0 Å². The molecule has 0 aromatic heterocycles. The van der Waals surface area contributed by atoms with Crippen molar-refractivity contribution in [3.63, 3.8) is 0 Å². The van der Waals surface area contributed by atoms with E-state index in [-0.39, 0.29) is 23.7 Å². The summed E-state index contributed by atoms with van der Waals surface area (Å²) in [5, 5.41) is 0. The summed E-state index contributed by atoms with van der Waals surface area (Å²) in [5.41, 5.74) is 11.1. The van der Waals surface area contributed by atoms with Crippen LogP contribution in [0.1, 0.15) is 39.5 Å². The lowest BCUT2D eigenvalue weighted by atomic mass is 9.92. The molecule has 0 saturated carbocycles. The molecule has 110 valence electrons. The zero-order chi connectivity index (χ0) is 14.4. The highest BCUT2D eigenvalue weighted by atomic mass is 16.2. The normalized spacial score (nSPS) is 21.5. The number of primary amides is 1. The summed E-state index contributed by atoms with van der Waals surface area (Å²) in [6.07, 6.45) is 3.11. The lowest BCUT2D eigenvalue weighted by Crippen LogP contribution is -2.44. The summed E-state index contributed by atoms with van der Waals surface area (Å²) in [6.45, 7) is 6.03. The molecular formula is C14H27N3O2. The highest BCUT2D eigenvalue weighted by molar-refractivity contribution is 5.80.